The van der Waals surface area contributed by atoms with Crippen LogP contribution in [0.1, 0.15) is 20.8 Å². The van der Waals surface area contributed by atoms with Gasteiger partial charge in [-0.3, -0.25) is 4.79 Å². The molecule has 0 radical (unpaired) electrons. The molecule has 1 heterocycles. The molecule has 0 aliphatic carbocycles. The minimum Gasteiger partial charge on any atom is -0.497 e. The van der Waals surface area contributed by atoms with E-state index in [-0.39, 0.29) is 11.7 Å². The summed E-state index contributed by atoms with van der Waals surface area (Å²) in [5.41, 5.74) is 1.63. The van der Waals surface area contributed by atoms with Gasteiger partial charge in [0.1, 0.15) is 11.6 Å². The number of thiophene rings is 1. The Morgan fingerprint density at radius 3 is 2.78 bits per heavy atom. The summed E-state index contributed by atoms with van der Waals surface area (Å²) >= 11 is 1.31. The summed E-state index contributed by atoms with van der Waals surface area (Å²) in [4.78, 5) is 13.0. The van der Waals surface area contributed by atoms with Gasteiger partial charge in [0, 0.05) is 16.6 Å². The molecule has 1 N–H and O–H groups in total. The number of carbonyl (C=O) groups excluding carboxylic acids is 1. The maximum Gasteiger partial charge on any atom is 0.261 e. The standard InChI is InChI=1S/C18H16FNO2S/c1-11-16-14(19)7-4-8-15(16)23-17(11)18(21)20-10-12-5-3-6-13(9-12)22-2/h3-9H,10H2,1-2H3,(H,20,21). The van der Waals surface area contributed by atoms with Gasteiger partial charge in [-0.15, -0.1) is 11.3 Å². The quantitative estimate of drug-likeness (QED) is 0.775. The molecule has 0 fully saturated rings. The second-order valence-corrected chi connectivity index (χ2v) is 6.26. The first-order valence-electron chi connectivity index (χ1n) is 7.19. The molecule has 118 valence electrons. The summed E-state index contributed by atoms with van der Waals surface area (Å²) in [7, 11) is 1.60. The molecule has 3 rings (SSSR count). The van der Waals surface area contributed by atoms with Crippen LogP contribution < -0.4 is 10.1 Å². The second-order valence-electron chi connectivity index (χ2n) is 5.20. The summed E-state index contributed by atoms with van der Waals surface area (Å²) < 4.78 is 19.9. The molecule has 0 spiro atoms. The fourth-order valence-corrected chi connectivity index (χ4v) is 3.65. The molecule has 1 amide bonds. The van der Waals surface area contributed by atoms with E-state index in [4.69, 9.17) is 4.74 Å². The van der Waals surface area contributed by atoms with Crippen LogP contribution >= 0.6 is 11.3 Å². The molecule has 3 nitrogen and oxygen atoms in total. The van der Waals surface area contributed by atoms with E-state index in [9.17, 15) is 9.18 Å². The van der Waals surface area contributed by atoms with Crippen LogP contribution in [0.15, 0.2) is 42.5 Å². The number of aryl methyl sites for hydroxylation is 1. The summed E-state index contributed by atoms with van der Waals surface area (Å²) in [6.07, 6.45) is 0. The Labute approximate surface area is 137 Å². The van der Waals surface area contributed by atoms with Crippen LogP contribution in [0.5, 0.6) is 5.75 Å². The summed E-state index contributed by atoms with van der Waals surface area (Å²) in [6, 6.07) is 12.4. The van der Waals surface area contributed by atoms with Gasteiger partial charge in [0.05, 0.1) is 12.0 Å². The largest absolute Gasteiger partial charge is 0.497 e. The number of fused-ring (bicyclic) bond motifs is 1. The van der Waals surface area contributed by atoms with Gasteiger partial charge in [-0.2, -0.15) is 0 Å². The minimum atomic E-state index is -0.289. The molecule has 0 aliphatic rings. The van der Waals surface area contributed by atoms with Crippen molar-refractivity contribution in [2.45, 2.75) is 13.5 Å². The average Bonchev–Trinajstić information content (AvgIpc) is 2.91. The maximum atomic E-state index is 13.9. The number of halogens is 1. The second kappa shape index (κ2) is 6.38. The number of methoxy groups -OCH3 is 1. The molecular weight excluding hydrogens is 313 g/mol. The fourth-order valence-electron chi connectivity index (χ4n) is 2.52. The van der Waals surface area contributed by atoms with Crippen molar-refractivity contribution in [1.82, 2.24) is 5.32 Å². The molecule has 0 saturated heterocycles. The van der Waals surface area contributed by atoms with Crippen LogP contribution in [0.25, 0.3) is 10.1 Å². The van der Waals surface area contributed by atoms with E-state index in [1.807, 2.05) is 30.3 Å². The zero-order chi connectivity index (χ0) is 16.4. The third kappa shape index (κ3) is 3.05. The van der Waals surface area contributed by atoms with Crippen LogP contribution in [-0.2, 0) is 6.54 Å². The monoisotopic (exact) mass is 329 g/mol. The number of hydrogen-bond acceptors (Lipinski definition) is 3. The predicted molar refractivity (Wildman–Crippen MR) is 90.7 cm³/mol. The molecule has 0 aliphatic heterocycles. The SMILES string of the molecule is COc1cccc(CNC(=O)c2sc3cccc(F)c3c2C)c1. The highest BCUT2D eigenvalue weighted by Gasteiger charge is 2.17. The highest BCUT2D eigenvalue weighted by Crippen LogP contribution is 2.32. The minimum absolute atomic E-state index is 0.189. The molecule has 3 aromatic rings. The van der Waals surface area contributed by atoms with Crippen molar-refractivity contribution in [2.75, 3.05) is 7.11 Å². The Balaban J connectivity index is 1.81. The molecule has 1 aromatic heterocycles. The van der Waals surface area contributed by atoms with Gasteiger partial charge in [0.25, 0.3) is 5.91 Å². The van der Waals surface area contributed by atoms with Gasteiger partial charge in [-0.25, -0.2) is 4.39 Å². The first kappa shape index (κ1) is 15.5. The molecule has 0 saturated carbocycles. The lowest BCUT2D eigenvalue weighted by atomic mass is 10.1. The zero-order valence-electron chi connectivity index (χ0n) is 12.9. The maximum absolute atomic E-state index is 13.9. The van der Waals surface area contributed by atoms with E-state index in [2.05, 4.69) is 5.32 Å². The molecule has 23 heavy (non-hydrogen) atoms. The summed E-state index contributed by atoms with van der Waals surface area (Å²) in [6.45, 7) is 2.18. The van der Waals surface area contributed by atoms with Crippen molar-refractivity contribution in [3.8, 4) is 5.75 Å². The highest BCUT2D eigenvalue weighted by atomic mass is 32.1. The third-order valence-electron chi connectivity index (χ3n) is 3.70. The number of rotatable bonds is 4. The first-order chi connectivity index (χ1) is 11.1. The molecule has 0 bridgehead atoms. The van der Waals surface area contributed by atoms with Gasteiger partial charge in [0.15, 0.2) is 0 Å². The van der Waals surface area contributed by atoms with E-state index in [0.29, 0.717) is 22.4 Å². The van der Waals surface area contributed by atoms with E-state index in [1.54, 1.807) is 20.1 Å². The highest BCUT2D eigenvalue weighted by molar-refractivity contribution is 7.21. The summed E-state index contributed by atoms with van der Waals surface area (Å²) in [5, 5.41) is 3.41. The third-order valence-corrected chi connectivity index (χ3v) is 4.95. The normalized spacial score (nSPS) is 10.7. The van der Waals surface area contributed by atoms with Crippen molar-refractivity contribution >= 4 is 27.3 Å². The lowest BCUT2D eigenvalue weighted by molar-refractivity contribution is 0.0954. The molecular formula is C18H16FNO2S. The topological polar surface area (TPSA) is 38.3 Å². The van der Waals surface area contributed by atoms with Crippen molar-refractivity contribution in [1.29, 1.82) is 0 Å². The van der Waals surface area contributed by atoms with E-state index in [0.717, 1.165) is 16.0 Å². The van der Waals surface area contributed by atoms with Crippen molar-refractivity contribution < 1.29 is 13.9 Å². The Morgan fingerprint density at radius 1 is 1.26 bits per heavy atom. The number of carbonyl (C=O) groups is 1. The van der Waals surface area contributed by atoms with Crippen LogP contribution in [0.2, 0.25) is 0 Å². The summed E-state index contributed by atoms with van der Waals surface area (Å²) in [5.74, 6) is 0.269. The van der Waals surface area contributed by atoms with E-state index >= 15 is 0 Å². The van der Waals surface area contributed by atoms with Crippen molar-refractivity contribution in [3.63, 3.8) is 0 Å². The van der Waals surface area contributed by atoms with Crippen molar-refractivity contribution in [3.05, 3.63) is 64.3 Å². The Kier molecular flexibility index (Phi) is 4.30. The van der Waals surface area contributed by atoms with Crippen LogP contribution in [-0.4, -0.2) is 13.0 Å². The molecule has 2 aromatic carbocycles. The number of ether oxygens (including phenoxy) is 1. The lowest BCUT2D eigenvalue weighted by Crippen LogP contribution is -2.22. The van der Waals surface area contributed by atoms with Crippen LogP contribution in [0.4, 0.5) is 4.39 Å². The smallest absolute Gasteiger partial charge is 0.261 e. The number of hydrogen-bond donors (Lipinski definition) is 1. The fraction of sp³-hybridized carbons (Fsp3) is 0.167. The number of benzene rings is 2. The van der Waals surface area contributed by atoms with Gasteiger partial charge >= 0.3 is 0 Å². The zero-order valence-corrected chi connectivity index (χ0v) is 13.7. The Hall–Kier alpha value is -2.40. The molecule has 0 atom stereocenters. The lowest BCUT2D eigenvalue weighted by Gasteiger charge is -2.06. The van der Waals surface area contributed by atoms with E-state index < -0.39 is 0 Å². The van der Waals surface area contributed by atoms with Gasteiger partial charge in [0.2, 0.25) is 0 Å². The van der Waals surface area contributed by atoms with Crippen LogP contribution in [0.3, 0.4) is 0 Å². The van der Waals surface area contributed by atoms with Gasteiger partial charge in [-0.1, -0.05) is 18.2 Å². The van der Waals surface area contributed by atoms with Gasteiger partial charge in [-0.05, 0) is 42.3 Å². The molecule has 0 unspecified atom stereocenters. The Bertz CT molecular complexity index is 873. The van der Waals surface area contributed by atoms with Crippen LogP contribution in [0, 0.1) is 12.7 Å². The Morgan fingerprint density at radius 2 is 2.04 bits per heavy atom. The van der Waals surface area contributed by atoms with Gasteiger partial charge < -0.3 is 10.1 Å². The first-order valence-corrected chi connectivity index (χ1v) is 8.00. The number of amides is 1. The predicted octanol–water partition coefficient (Wildman–Crippen LogP) is 4.29. The number of nitrogens with one attached hydrogen (secondary N) is 1. The average molecular weight is 329 g/mol. The molecule has 5 heteroatoms. The van der Waals surface area contributed by atoms with E-state index in [1.165, 1.54) is 17.4 Å². The van der Waals surface area contributed by atoms with Crippen molar-refractivity contribution in [2.24, 2.45) is 0 Å².